The van der Waals surface area contributed by atoms with Crippen LogP contribution in [0.5, 0.6) is 5.75 Å². The van der Waals surface area contributed by atoms with E-state index >= 15 is 0 Å². The van der Waals surface area contributed by atoms with Gasteiger partial charge in [0, 0.05) is 24.8 Å². The van der Waals surface area contributed by atoms with Gasteiger partial charge in [-0.2, -0.15) is 0 Å². The van der Waals surface area contributed by atoms with E-state index in [4.69, 9.17) is 21.1 Å². The number of nitrogens with one attached hydrogen (secondary N) is 1. The summed E-state index contributed by atoms with van der Waals surface area (Å²) in [4.78, 5) is 13.8. The van der Waals surface area contributed by atoms with Gasteiger partial charge in [0.1, 0.15) is 11.4 Å². The van der Waals surface area contributed by atoms with Crippen LogP contribution < -0.4 is 10.1 Å². The highest BCUT2D eigenvalue weighted by Gasteiger charge is 2.26. The van der Waals surface area contributed by atoms with Crippen molar-refractivity contribution < 1.29 is 14.3 Å². The number of ether oxygens (including phenoxy) is 2. The fourth-order valence-corrected chi connectivity index (χ4v) is 2.78. The smallest absolute Gasteiger partial charge is 0.410 e. The Morgan fingerprint density at radius 1 is 1.30 bits per heavy atom. The minimum atomic E-state index is -0.452. The third-order valence-corrected chi connectivity index (χ3v) is 3.96. The highest BCUT2D eigenvalue weighted by atomic mass is 35.5. The van der Waals surface area contributed by atoms with Crippen LogP contribution >= 0.6 is 11.6 Å². The highest BCUT2D eigenvalue weighted by molar-refractivity contribution is 6.32. The Bertz CT molecular complexity index is 549. The second-order valence-electron chi connectivity index (χ2n) is 6.74. The number of carbonyl (C=O) groups is 1. The van der Waals surface area contributed by atoms with Crippen molar-refractivity contribution in [2.75, 3.05) is 25.5 Å². The minimum absolute atomic E-state index is 0.233. The highest BCUT2D eigenvalue weighted by Crippen LogP contribution is 2.28. The van der Waals surface area contributed by atoms with Gasteiger partial charge in [0.05, 0.1) is 12.1 Å². The quantitative estimate of drug-likeness (QED) is 0.897. The lowest BCUT2D eigenvalue weighted by Crippen LogP contribution is -2.44. The molecule has 1 amide bonds. The Morgan fingerprint density at radius 3 is 2.48 bits per heavy atom. The summed E-state index contributed by atoms with van der Waals surface area (Å²) in [5.41, 5.74) is 0.512. The molecule has 0 radical (unpaired) electrons. The molecule has 1 fully saturated rings. The van der Waals surface area contributed by atoms with E-state index in [0.717, 1.165) is 18.5 Å². The molecular weight excluding hydrogens is 316 g/mol. The molecule has 1 aromatic rings. The van der Waals surface area contributed by atoms with Crippen LogP contribution in [0.1, 0.15) is 33.6 Å². The van der Waals surface area contributed by atoms with Crippen LogP contribution in [0.2, 0.25) is 5.02 Å². The molecule has 0 aromatic heterocycles. The molecule has 23 heavy (non-hydrogen) atoms. The third kappa shape index (κ3) is 5.20. The van der Waals surface area contributed by atoms with Crippen LogP contribution in [-0.4, -0.2) is 42.8 Å². The summed E-state index contributed by atoms with van der Waals surface area (Å²) in [7, 11) is 1.60. The van der Waals surface area contributed by atoms with Crippen molar-refractivity contribution in [2.45, 2.75) is 45.3 Å². The monoisotopic (exact) mass is 340 g/mol. The molecule has 1 heterocycles. The molecule has 0 aliphatic carbocycles. The molecular formula is C17H25ClN2O3. The molecule has 128 valence electrons. The summed E-state index contributed by atoms with van der Waals surface area (Å²) >= 11 is 6.14. The maximum atomic E-state index is 12.0. The van der Waals surface area contributed by atoms with Gasteiger partial charge in [-0.3, -0.25) is 0 Å². The number of hydrogen-bond acceptors (Lipinski definition) is 4. The summed E-state index contributed by atoms with van der Waals surface area (Å²) in [5, 5.41) is 4.05. The molecule has 6 heteroatoms. The lowest BCUT2D eigenvalue weighted by atomic mass is 10.0. The fraction of sp³-hybridized carbons (Fsp3) is 0.588. The number of nitrogens with zero attached hydrogens (tertiary/aromatic N) is 1. The van der Waals surface area contributed by atoms with Crippen LogP contribution in [0.15, 0.2) is 18.2 Å². The number of rotatable bonds is 3. The Kier molecular flexibility index (Phi) is 5.63. The first-order chi connectivity index (χ1) is 10.8. The van der Waals surface area contributed by atoms with Crippen molar-refractivity contribution in [2.24, 2.45) is 0 Å². The summed E-state index contributed by atoms with van der Waals surface area (Å²) < 4.78 is 10.6. The molecule has 0 atom stereocenters. The number of carbonyl (C=O) groups excluding carboxylic acids is 1. The largest absolute Gasteiger partial charge is 0.495 e. The number of halogens is 1. The predicted molar refractivity (Wildman–Crippen MR) is 92.5 cm³/mol. The van der Waals surface area contributed by atoms with Gasteiger partial charge in [-0.15, -0.1) is 0 Å². The molecule has 0 spiro atoms. The van der Waals surface area contributed by atoms with E-state index in [-0.39, 0.29) is 6.09 Å². The molecule has 0 bridgehead atoms. The van der Waals surface area contributed by atoms with Gasteiger partial charge in [-0.1, -0.05) is 11.6 Å². The lowest BCUT2D eigenvalue weighted by molar-refractivity contribution is 0.0210. The molecule has 1 saturated heterocycles. The van der Waals surface area contributed by atoms with E-state index in [2.05, 4.69) is 5.32 Å². The molecule has 1 aliphatic heterocycles. The van der Waals surface area contributed by atoms with Crippen LogP contribution in [0.25, 0.3) is 0 Å². The Hall–Kier alpha value is -1.62. The Balaban J connectivity index is 1.85. The molecule has 1 N–H and O–H groups in total. The van der Waals surface area contributed by atoms with E-state index in [1.807, 2.05) is 39.0 Å². The normalized spacial score (nSPS) is 16.1. The van der Waals surface area contributed by atoms with Crippen molar-refractivity contribution in [3.05, 3.63) is 23.2 Å². The SMILES string of the molecule is COc1ccc(NC2CCN(C(=O)OC(C)(C)C)CC2)cc1Cl. The molecule has 1 aliphatic rings. The van der Waals surface area contributed by atoms with Crippen molar-refractivity contribution in [1.29, 1.82) is 0 Å². The molecule has 0 saturated carbocycles. The van der Waals surface area contributed by atoms with Crippen LogP contribution in [0.3, 0.4) is 0 Å². The van der Waals surface area contributed by atoms with E-state index in [9.17, 15) is 4.79 Å². The lowest BCUT2D eigenvalue weighted by Gasteiger charge is -2.34. The number of hydrogen-bond donors (Lipinski definition) is 1. The van der Waals surface area contributed by atoms with Crippen molar-refractivity contribution in [3.63, 3.8) is 0 Å². The number of anilines is 1. The van der Waals surface area contributed by atoms with Gasteiger partial charge in [-0.25, -0.2) is 4.79 Å². The molecule has 5 nitrogen and oxygen atoms in total. The van der Waals surface area contributed by atoms with Gasteiger partial charge in [0.25, 0.3) is 0 Å². The Labute approximate surface area is 142 Å². The number of likely N-dealkylation sites (tertiary alicyclic amines) is 1. The van der Waals surface area contributed by atoms with Crippen LogP contribution in [0.4, 0.5) is 10.5 Å². The first-order valence-electron chi connectivity index (χ1n) is 7.86. The van der Waals surface area contributed by atoms with Crippen molar-refractivity contribution in [3.8, 4) is 5.75 Å². The minimum Gasteiger partial charge on any atom is -0.495 e. The average molecular weight is 341 g/mol. The maximum absolute atomic E-state index is 12.0. The van der Waals surface area contributed by atoms with E-state index < -0.39 is 5.60 Å². The third-order valence-electron chi connectivity index (χ3n) is 3.67. The number of piperidine rings is 1. The van der Waals surface area contributed by atoms with Gasteiger partial charge in [-0.05, 0) is 51.8 Å². The second kappa shape index (κ2) is 7.30. The van der Waals surface area contributed by atoms with Crippen molar-refractivity contribution in [1.82, 2.24) is 4.90 Å². The molecule has 0 unspecified atom stereocenters. The Morgan fingerprint density at radius 2 is 1.96 bits per heavy atom. The van der Waals surface area contributed by atoms with Crippen molar-refractivity contribution >= 4 is 23.4 Å². The zero-order chi connectivity index (χ0) is 17.0. The van der Waals surface area contributed by atoms with Gasteiger partial charge >= 0.3 is 6.09 Å². The van der Waals surface area contributed by atoms with E-state index in [1.54, 1.807) is 12.0 Å². The average Bonchev–Trinajstić information content (AvgIpc) is 2.46. The number of benzene rings is 1. The van der Waals surface area contributed by atoms with Crippen LogP contribution in [0, 0.1) is 0 Å². The topological polar surface area (TPSA) is 50.8 Å². The standard InChI is InChI=1S/C17H25ClN2O3/c1-17(2,3)23-16(21)20-9-7-12(8-10-20)19-13-5-6-15(22-4)14(18)11-13/h5-6,11-12,19H,7-10H2,1-4H3. The predicted octanol–water partition coefficient (Wildman–Crippen LogP) is 4.16. The zero-order valence-electron chi connectivity index (χ0n) is 14.2. The fourth-order valence-electron chi connectivity index (χ4n) is 2.52. The van der Waals surface area contributed by atoms with Gasteiger partial charge in [0.15, 0.2) is 0 Å². The summed E-state index contributed by atoms with van der Waals surface area (Å²) in [6, 6.07) is 5.98. The molecule has 2 rings (SSSR count). The van der Waals surface area contributed by atoms with Crippen LogP contribution in [-0.2, 0) is 4.74 Å². The zero-order valence-corrected chi connectivity index (χ0v) is 14.9. The summed E-state index contributed by atoms with van der Waals surface area (Å²) in [5.74, 6) is 0.664. The van der Waals surface area contributed by atoms with E-state index in [1.165, 1.54) is 0 Å². The van der Waals surface area contributed by atoms with E-state index in [0.29, 0.717) is 29.9 Å². The molecule has 1 aromatic carbocycles. The number of amides is 1. The van der Waals surface area contributed by atoms with Gasteiger partial charge in [0.2, 0.25) is 0 Å². The first kappa shape index (κ1) is 17.7. The first-order valence-corrected chi connectivity index (χ1v) is 8.24. The number of methoxy groups -OCH3 is 1. The maximum Gasteiger partial charge on any atom is 0.410 e. The second-order valence-corrected chi connectivity index (χ2v) is 7.14. The van der Waals surface area contributed by atoms with Gasteiger partial charge < -0.3 is 19.7 Å². The summed E-state index contributed by atoms with van der Waals surface area (Å²) in [6.07, 6.45) is 1.52. The summed E-state index contributed by atoms with van der Waals surface area (Å²) in [6.45, 7) is 7.03.